The van der Waals surface area contributed by atoms with Crippen LogP contribution in [0.5, 0.6) is 0 Å². The van der Waals surface area contributed by atoms with E-state index in [9.17, 15) is 0 Å². The Labute approximate surface area is 114 Å². The van der Waals surface area contributed by atoms with Crippen molar-refractivity contribution in [2.24, 2.45) is 0 Å². The summed E-state index contributed by atoms with van der Waals surface area (Å²) in [6, 6.07) is 0.551. The third-order valence-electron chi connectivity index (χ3n) is 4.46. The van der Waals surface area contributed by atoms with Gasteiger partial charge in [-0.15, -0.1) is 0 Å². The Balaban J connectivity index is 2.50. The van der Waals surface area contributed by atoms with Crippen LogP contribution in [0, 0.1) is 0 Å². The van der Waals surface area contributed by atoms with Crippen molar-refractivity contribution in [2.45, 2.75) is 89.7 Å². The first-order chi connectivity index (χ1) is 8.79. The lowest BCUT2D eigenvalue weighted by molar-refractivity contribution is -0.0904. The van der Waals surface area contributed by atoms with E-state index in [1.165, 1.54) is 64.2 Å². The summed E-state index contributed by atoms with van der Waals surface area (Å²) in [4.78, 5) is 0. The molecule has 1 fully saturated rings. The minimum atomic E-state index is 0.133. The molecular weight excluding hydrogens is 222 g/mol. The van der Waals surface area contributed by atoms with E-state index in [4.69, 9.17) is 4.74 Å². The second kappa shape index (κ2) is 8.92. The molecule has 1 N–H and O–H groups in total. The fourth-order valence-corrected chi connectivity index (χ4v) is 3.48. The number of ether oxygens (including phenoxy) is 1. The Bertz CT molecular complexity index is 194. The molecular formula is C16H33NO. The number of likely N-dealkylation sites (N-methyl/N-ethyl adjacent to an activating group) is 1. The second-order valence-corrected chi connectivity index (χ2v) is 5.75. The summed E-state index contributed by atoms with van der Waals surface area (Å²) in [7, 11) is 2.11. The predicted octanol–water partition coefficient (Wildman–Crippen LogP) is 4.28. The molecule has 0 radical (unpaired) electrons. The van der Waals surface area contributed by atoms with E-state index in [0.29, 0.717) is 6.04 Å². The van der Waals surface area contributed by atoms with Gasteiger partial charge in [0.05, 0.1) is 5.60 Å². The largest absolute Gasteiger partial charge is 0.374 e. The highest BCUT2D eigenvalue weighted by atomic mass is 16.5. The van der Waals surface area contributed by atoms with Crippen LogP contribution in [0.3, 0.4) is 0 Å². The maximum Gasteiger partial charge on any atom is 0.0834 e. The molecule has 0 bridgehead atoms. The second-order valence-electron chi connectivity index (χ2n) is 5.75. The molecule has 0 aliphatic heterocycles. The molecule has 1 atom stereocenters. The Morgan fingerprint density at radius 1 is 1.06 bits per heavy atom. The van der Waals surface area contributed by atoms with Crippen molar-refractivity contribution in [1.29, 1.82) is 0 Å². The molecule has 0 aromatic carbocycles. The zero-order valence-electron chi connectivity index (χ0n) is 12.8. The SMILES string of the molecule is CCCCCCC(NC)C1(OCC)CCCCC1. The molecule has 1 rings (SSSR count). The van der Waals surface area contributed by atoms with Crippen LogP contribution in [0.2, 0.25) is 0 Å². The first-order valence-corrected chi connectivity index (χ1v) is 8.10. The average Bonchev–Trinajstić information content (AvgIpc) is 2.40. The maximum absolute atomic E-state index is 6.22. The molecule has 2 nitrogen and oxygen atoms in total. The molecule has 0 amide bonds. The van der Waals surface area contributed by atoms with Gasteiger partial charge in [-0.2, -0.15) is 0 Å². The lowest BCUT2D eigenvalue weighted by Gasteiger charge is -2.43. The third-order valence-corrected chi connectivity index (χ3v) is 4.46. The Kier molecular flexibility index (Phi) is 7.92. The monoisotopic (exact) mass is 255 g/mol. The number of unbranched alkanes of at least 4 members (excludes halogenated alkanes) is 3. The molecule has 1 saturated carbocycles. The van der Waals surface area contributed by atoms with Crippen LogP contribution in [-0.4, -0.2) is 25.3 Å². The van der Waals surface area contributed by atoms with Crippen LogP contribution < -0.4 is 5.32 Å². The molecule has 2 heteroatoms. The van der Waals surface area contributed by atoms with Gasteiger partial charge in [0.25, 0.3) is 0 Å². The first kappa shape index (κ1) is 16.0. The van der Waals surface area contributed by atoms with Crippen LogP contribution >= 0.6 is 0 Å². The first-order valence-electron chi connectivity index (χ1n) is 8.10. The maximum atomic E-state index is 6.22. The summed E-state index contributed by atoms with van der Waals surface area (Å²) >= 11 is 0. The molecule has 18 heavy (non-hydrogen) atoms. The molecule has 0 aromatic rings. The van der Waals surface area contributed by atoms with E-state index in [2.05, 4.69) is 26.2 Å². The van der Waals surface area contributed by atoms with Crippen LogP contribution in [0.1, 0.15) is 78.1 Å². The summed E-state index contributed by atoms with van der Waals surface area (Å²) in [6.45, 7) is 5.27. The van der Waals surface area contributed by atoms with Gasteiger partial charge in [-0.05, 0) is 33.2 Å². The van der Waals surface area contributed by atoms with Gasteiger partial charge in [0, 0.05) is 12.6 Å². The quantitative estimate of drug-likeness (QED) is 0.621. The van der Waals surface area contributed by atoms with Gasteiger partial charge in [-0.25, -0.2) is 0 Å². The summed E-state index contributed by atoms with van der Waals surface area (Å²) < 4.78 is 6.22. The van der Waals surface area contributed by atoms with Crippen molar-refractivity contribution in [3.05, 3.63) is 0 Å². The Morgan fingerprint density at radius 2 is 1.78 bits per heavy atom. The minimum Gasteiger partial charge on any atom is -0.374 e. The van der Waals surface area contributed by atoms with Crippen LogP contribution in [-0.2, 0) is 4.74 Å². The molecule has 108 valence electrons. The fraction of sp³-hybridized carbons (Fsp3) is 1.00. The highest BCUT2D eigenvalue weighted by Crippen LogP contribution is 2.36. The van der Waals surface area contributed by atoms with Crippen LogP contribution in [0.15, 0.2) is 0 Å². The van der Waals surface area contributed by atoms with Gasteiger partial charge in [0.1, 0.15) is 0 Å². The van der Waals surface area contributed by atoms with E-state index < -0.39 is 0 Å². The van der Waals surface area contributed by atoms with E-state index in [1.807, 2.05) is 0 Å². The lowest BCUT2D eigenvalue weighted by Crippen LogP contribution is -2.52. The number of hydrogen-bond acceptors (Lipinski definition) is 2. The predicted molar refractivity (Wildman–Crippen MR) is 79.0 cm³/mol. The standard InChI is InChI=1S/C16H33NO/c1-4-6-7-9-12-15(17-3)16(18-5-2)13-10-8-11-14-16/h15,17H,4-14H2,1-3H3. The highest BCUT2D eigenvalue weighted by Gasteiger charge is 2.39. The fourth-order valence-electron chi connectivity index (χ4n) is 3.48. The van der Waals surface area contributed by atoms with E-state index >= 15 is 0 Å². The average molecular weight is 255 g/mol. The molecule has 0 heterocycles. The Hall–Kier alpha value is -0.0800. The van der Waals surface area contributed by atoms with Crippen molar-refractivity contribution in [3.63, 3.8) is 0 Å². The molecule has 1 unspecified atom stereocenters. The number of nitrogens with one attached hydrogen (secondary N) is 1. The molecule has 1 aliphatic rings. The zero-order valence-corrected chi connectivity index (χ0v) is 12.8. The summed E-state index contributed by atoms with van der Waals surface area (Å²) in [5.41, 5.74) is 0.133. The molecule has 0 spiro atoms. The summed E-state index contributed by atoms with van der Waals surface area (Å²) in [6.07, 6.45) is 13.3. The minimum absolute atomic E-state index is 0.133. The molecule has 0 saturated heterocycles. The zero-order chi connectivity index (χ0) is 13.3. The molecule has 1 aliphatic carbocycles. The summed E-state index contributed by atoms with van der Waals surface area (Å²) in [5.74, 6) is 0. The van der Waals surface area contributed by atoms with Crippen molar-refractivity contribution in [3.8, 4) is 0 Å². The van der Waals surface area contributed by atoms with E-state index in [0.717, 1.165) is 6.61 Å². The number of rotatable bonds is 9. The van der Waals surface area contributed by atoms with Gasteiger partial charge in [-0.1, -0.05) is 51.9 Å². The van der Waals surface area contributed by atoms with Gasteiger partial charge >= 0.3 is 0 Å². The van der Waals surface area contributed by atoms with Gasteiger partial charge in [0.2, 0.25) is 0 Å². The van der Waals surface area contributed by atoms with Crippen molar-refractivity contribution < 1.29 is 4.74 Å². The highest BCUT2D eigenvalue weighted by molar-refractivity contribution is 4.94. The Morgan fingerprint density at radius 3 is 2.33 bits per heavy atom. The normalized spacial score (nSPS) is 20.8. The van der Waals surface area contributed by atoms with E-state index in [-0.39, 0.29) is 5.60 Å². The van der Waals surface area contributed by atoms with Gasteiger partial charge in [-0.3, -0.25) is 0 Å². The van der Waals surface area contributed by atoms with Gasteiger partial charge in [0.15, 0.2) is 0 Å². The smallest absolute Gasteiger partial charge is 0.0834 e. The summed E-state index contributed by atoms with van der Waals surface area (Å²) in [5, 5.41) is 3.55. The topological polar surface area (TPSA) is 21.3 Å². The van der Waals surface area contributed by atoms with Crippen molar-refractivity contribution in [1.82, 2.24) is 5.32 Å². The van der Waals surface area contributed by atoms with Crippen LogP contribution in [0.25, 0.3) is 0 Å². The van der Waals surface area contributed by atoms with Crippen molar-refractivity contribution in [2.75, 3.05) is 13.7 Å². The third kappa shape index (κ3) is 4.55. The van der Waals surface area contributed by atoms with Crippen LogP contribution in [0.4, 0.5) is 0 Å². The number of hydrogen-bond donors (Lipinski definition) is 1. The van der Waals surface area contributed by atoms with Crippen molar-refractivity contribution >= 4 is 0 Å². The lowest BCUT2D eigenvalue weighted by atomic mass is 9.77. The molecule has 0 aromatic heterocycles. The van der Waals surface area contributed by atoms with E-state index in [1.54, 1.807) is 0 Å². The van der Waals surface area contributed by atoms with Gasteiger partial charge < -0.3 is 10.1 Å².